The fourth-order valence-electron chi connectivity index (χ4n) is 3.58. The van der Waals surface area contributed by atoms with Gasteiger partial charge in [0.1, 0.15) is 12.2 Å². The summed E-state index contributed by atoms with van der Waals surface area (Å²) >= 11 is 0. The predicted molar refractivity (Wildman–Crippen MR) is 125 cm³/mol. The topological polar surface area (TPSA) is 130 Å². The number of halogens is 6. The molecule has 3 heterocycles. The van der Waals surface area contributed by atoms with Gasteiger partial charge in [0, 0.05) is 31.5 Å². The van der Waals surface area contributed by atoms with Gasteiger partial charge in [0.25, 0.3) is 5.91 Å². The van der Waals surface area contributed by atoms with Crippen molar-refractivity contribution in [3.8, 4) is 0 Å². The second-order valence-corrected chi connectivity index (χ2v) is 8.48. The van der Waals surface area contributed by atoms with Crippen molar-refractivity contribution in [3.63, 3.8) is 0 Å². The van der Waals surface area contributed by atoms with E-state index in [1.54, 1.807) is 0 Å². The third-order valence-electron chi connectivity index (χ3n) is 5.34. The monoisotopic (exact) mass is 581 g/mol. The van der Waals surface area contributed by atoms with Gasteiger partial charge in [0.2, 0.25) is 0 Å². The molecule has 40 heavy (non-hydrogen) atoms. The van der Waals surface area contributed by atoms with E-state index >= 15 is 0 Å². The number of hydrogen-bond donors (Lipinski definition) is 2. The molecule has 1 aromatic heterocycles. The van der Waals surface area contributed by atoms with E-state index < -0.39 is 29.9 Å². The van der Waals surface area contributed by atoms with Gasteiger partial charge in [-0.05, 0) is 24.3 Å². The zero-order valence-corrected chi connectivity index (χ0v) is 20.7. The molecule has 1 spiro atoms. The highest BCUT2D eigenvalue weighted by Crippen LogP contribution is 2.27. The van der Waals surface area contributed by atoms with E-state index in [0.29, 0.717) is 26.3 Å². The normalized spacial score (nSPS) is 19.9. The minimum atomic E-state index is -5.08. The maximum Gasteiger partial charge on any atom is 0.490 e. The number of rotatable bonds is 3. The quantitative estimate of drug-likeness (QED) is 0.526. The molecule has 2 N–H and O–H groups in total. The van der Waals surface area contributed by atoms with Crippen LogP contribution in [0.4, 0.5) is 32.0 Å². The molecule has 16 heteroatoms. The van der Waals surface area contributed by atoms with Crippen LogP contribution in [0.1, 0.15) is 5.69 Å². The number of benzene rings is 1. The van der Waals surface area contributed by atoms with E-state index in [-0.39, 0.29) is 12.5 Å². The van der Waals surface area contributed by atoms with Gasteiger partial charge in [-0.2, -0.15) is 26.3 Å². The summed E-state index contributed by atoms with van der Waals surface area (Å²) in [4.78, 5) is 38.7. The molecule has 10 nitrogen and oxygen atoms in total. The van der Waals surface area contributed by atoms with E-state index in [1.165, 1.54) is 0 Å². The molecule has 2 aliphatic rings. The maximum atomic E-state index is 12.4. The SMILES string of the molecule is O=C(O)C(F)(F)F.O=C(O)C(F)(F)F.O=C1COC2(COCCN(Cc3ccccn3)C2)CN1c1ccccc1. The number of para-hydroxylation sites is 1. The van der Waals surface area contributed by atoms with Crippen LogP contribution in [0.3, 0.4) is 0 Å². The van der Waals surface area contributed by atoms with Crippen molar-refractivity contribution < 1.29 is 60.4 Å². The van der Waals surface area contributed by atoms with Gasteiger partial charge in [-0.25, -0.2) is 9.59 Å². The molecule has 1 amide bonds. The minimum Gasteiger partial charge on any atom is -0.475 e. The molecular weight excluding hydrogens is 556 g/mol. The standard InChI is InChI=1S/C20H23N3O3.2C2HF3O2/c24-19-13-26-20(15-23(19)18-7-2-1-3-8-18)14-22(10-11-25-16-20)12-17-6-4-5-9-21-17;2*3-2(4,5)1(6)7/h1-9H,10-16H2;2*(H,6,7). The Labute approximate surface area is 223 Å². The number of anilines is 1. The highest BCUT2D eigenvalue weighted by molar-refractivity contribution is 5.95. The molecule has 1 atom stereocenters. The van der Waals surface area contributed by atoms with Crippen LogP contribution in [0.25, 0.3) is 0 Å². The molecule has 2 fully saturated rings. The Morgan fingerprint density at radius 2 is 1.50 bits per heavy atom. The zero-order chi connectivity index (χ0) is 30.0. The van der Waals surface area contributed by atoms with Crippen molar-refractivity contribution in [2.75, 3.05) is 44.4 Å². The summed E-state index contributed by atoms with van der Waals surface area (Å²) < 4.78 is 75.4. The van der Waals surface area contributed by atoms with Gasteiger partial charge < -0.3 is 24.6 Å². The van der Waals surface area contributed by atoms with Gasteiger partial charge in [-0.15, -0.1) is 0 Å². The van der Waals surface area contributed by atoms with Crippen LogP contribution in [-0.4, -0.2) is 95.4 Å². The molecule has 0 bridgehead atoms. The highest BCUT2D eigenvalue weighted by Gasteiger charge is 2.43. The lowest BCUT2D eigenvalue weighted by Crippen LogP contribution is -2.60. The van der Waals surface area contributed by atoms with E-state index in [0.717, 1.165) is 24.5 Å². The van der Waals surface area contributed by atoms with Crippen molar-refractivity contribution in [2.24, 2.45) is 0 Å². The number of nitrogens with zero attached hydrogens (tertiary/aromatic N) is 3. The van der Waals surface area contributed by atoms with Crippen LogP contribution in [-0.2, 0) is 30.4 Å². The Kier molecular flexibility index (Phi) is 11.4. The van der Waals surface area contributed by atoms with Crippen molar-refractivity contribution in [1.29, 1.82) is 0 Å². The number of hydrogen-bond acceptors (Lipinski definition) is 7. The highest BCUT2D eigenvalue weighted by atomic mass is 19.4. The summed E-state index contributed by atoms with van der Waals surface area (Å²) in [5.74, 6) is -5.53. The van der Waals surface area contributed by atoms with E-state index in [9.17, 15) is 31.1 Å². The second-order valence-electron chi connectivity index (χ2n) is 8.48. The molecule has 2 aliphatic heterocycles. The summed E-state index contributed by atoms with van der Waals surface area (Å²) in [6.07, 6.45) is -8.35. The van der Waals surface area contributed by atoms with Gasteiger partial charge in [0.05, 0.1) is 25.5 Å². The van der Waals surface area contributed by atoms with Crippen molar-refractivity contribution >= 4 is 23.5 Å². The lowest BCUT2D eigenvalue weighted by Gasteiger charge is -2.43. The number of amides is 1. The fourth-order valence-corrected chi connectivity index (χ4v) is 3.58. The van der Waals surface area contributed by atoms with Crippen LogP contribution >= 0.6 is 0 Å². The molecule has 4 rings (SSSR count). The fraction of sp³-hybridized carbons (Fsp3) is 0.417. The molecule has 2 aromatic rings. The summed E-state index contributed by atoms with van der Waals surface area (Å²) in [6.45, 7) is 3.99. The Morgan fingerprint density at radius 1 is 0.925 bits per heavy atom. The van der Waals surface area contributed by atoms with Crippen LogP contribution in [0.2, 0.25) is 0 Å². The number of morpholine rings is 1. The number of carboxylic acid groups (broad SMARTS) is 2. The first-order valence-electron chi connectivity index (χ1n) is 11.4. The largest absolute Gasteiger partial charge is 0.490 e. The van der Waals surface area contributed by atoms with E-state index in [4.69, 9.17) is 29.3 Å². The smallest absolute Gasteiger partial charge is 0.475 e. The number of alkyl halides is 6. The molecule has 2 saturated heterocycles. The molecule has 0 saturated carbocycles. The first-order chi connectivity index (χ1) is 18.6. The van der Waals surface area contributed by atoms with Crippen LogP contribution < -0.4 is 4.90 Å². The summed E-state index contributed by atoms with van der Waals surface area (Å²) in [5.41, 5.74) is 1.41. The van der Waals surface area contributed by atoms with E-state index in [2.05, 4.69) is 9.88 Å². The van der Waals surface area contributed by atoms with Crippen molar-refractivity contribution in [3.05, 3.63) is 60.4 Å². The molecule has 0 radical (unpaired) electrons. The summed E-state index contributed by atoms with van der Waals surface area (Å²) in [6, 6.07) is 15.7. The number of carboxylic acids is 2. The minimum absolute atomic E-state index is 0.0117. The molecule has 1 aromatic carbocycles. The molecule has 1 unspecified atom stereocenters. The Morgan fingerprint density at radius 3 is 2.02 bits per heavy atom. The number of ether oxygens (including phenoxy) is 2. The van der Waals surface area contributed by atoms with Crippen molar-refractivity contribution in [1.82, 2.24) is 9.88 Å². The Bertz CT molecular complexity index is 1100. The van der Waals surface area contributed by atoms with Gasteiger partial charge in [0.15, 0.2) is 0 Å². The van der Waals surface area contributed by atoms with Crippen LogP contribution in [0, 0.1) is 0 Å². The van der Waals surface area contributed by atoms with Gasteiger partial charge in [-0.1, -0.05) is 24.3 Å². The average molecular weight is 581 g/mol. The maximum absolute atomic E-state index is 12.4. The zero-order valence-electron chi connectivity index (χ0n) is 20.7. The number of carbonyl (C=O) groups is 3. The van der Waals surface area contributed by atoms with Gasteiger partial charge >= 0.3 is 24.3 Å². The summed E-state index contributed by atoms with van der Waals surface area (Å²) in [7, 11) is 0. The number of pyridine rings is 1. The van der Waals surface area contributed by atoms with Gasteiger partial charge in [-0.3, -0.25) is 14.7 Å². The first-order valence-corrected chi connectivity index (χ1v) is 11.4. The number of aliphatic carboxylic acids is 2. The number of aromatic nitrogens is 1. The van der Waals surface area contributed by atoms with Crippen LogP contribution in [0.5, 0.6) is 0 Å². The first kappa shape index (κ1) is 32.5. The second kappa shape index (κ2) is 14.0. The van der Waals surface area contributed by atoms with Crippen LogP contribution in [0.15, 0.2) is 54.7 Å². The Hall–Kier alpha value is -3.76. The lowest BCUT2D eigenvalue weighted by molar-refractivity contribution is -0.193. The predicted octanol–water partition coefficient (Wildman–Crippen LogP) is 2.98. The Balaban J connectivity index is 0.000000333. The lowest BCUT2D eigenvalue weighted by atomic mass is 10.0. The molecular formula is C24H25F6N3O7. The van der Waals surface area contributed by atoms with Crippen molar-refractivity contribution in [2.45, 2.75) is 24.5 Å². The molecule has 220 valence electrons. The number of carbonyl (C=O) groups excluding carboxylic acids is 1. The third-order valence-corrected chi connectivity index (χ3v) is 5.34. The average Bonchev–Trinajstić information content (AvgIpc) is 3.08. The summed E-state index contributed by atoms with van der Waals surface area (Å²) in [5, 5.41) is 14.2. The molecule has 0 aliphatic carbocycles. The van der Waals surface area contributed by atoms with E-state index in [1.807, 2.05) is 59.6 Å². The third kappa shape index (κ3) is 10.4.